The lowest BCUT2D eigenvalue weighted by molar-refractivity contribution is -0.120. The summed E-state index contributed by atoms with van der Waals surface area (Å²) in [7, 11) is 1.58. The Hall–Kier alpha value is -2.34. The van der Waals surface area contributed by atoms with Crippen LogP contribution in [0.2, 0.25) is 0 Å². The van der Waals surface area contributed by atoms with Crippen molar-refractivity contribution in [3.8, 4) is 5.75 Å². The number of carbonyl (C=O) groups is 2. The fraction of sp³-hybridized carbons (Fsp3) is 0.176. The van der Waals surface area contributed by atoms with Crippen LogP contribution < -0.4 is 15.0 Å². The highest BCUT2D eigenvalue weighted by atomic mass is 79.9. The number of ether oxygens (including phenoxy) is 1. The van der Waals surface area contributed by atoms with E-state index in [0.717, 1.165) is 4.47 Å². The number of hydrogen-bond acceptors (Lipinski definition) is 3. The first kappa shape index (κ1) is 17.0. The Morgan fingerprint density at radius 1 is 1.09 bits per heavy atom. The van der Waals surface area contributed by atoms with Gasteiger partial charge in [0.15, 0.2) is 0 Å². The lowest BCUT2D eigenvalue weighted by atomic mass is 10.2. The van der Waals surface area contributed by atoms with Crippen LogP contribution >= 0.6 is 15.9 Å². The third-order valence-corrected chi connectivity index (χ3v) is 3.72. The van der Waals surface area contributed by atoms with Gasteiger partial charge >= 0.3 is 0 Å². The number of rotatable bonds is 5. The summed E-state index contributed by atoms with van der Waals surface area (Å²) < 4.78 is 5.98. The molecule has 5 nitrogen and oxygen atoms in total. The average Bonchev–Trinajstić information content (AvgIpc) is 2.54. The molecule has 120 valence electrons. The second kappa shape index (κ2) is 7.78. The number of nitrogens with zero attached hydrogens (tertiary/aromatic N) is 1. The first-order valence-electron chi connectivity index (χ1n) is 6.97. The molecule has 1 N–H and O–H groups in total. The normalized spacial score (nSPS) is 10.0. The third-order valence-electron chi connectivity index (χ3n) is 3.19. The van der Waals surface area contributed by atoms with Crippen LogP contribution in [-0.2, 0) is 9.59 Å². The maximum atomic E-state index is 12.2. The van der Waals surface area contributed by atoms with Gasteiger partial charge in [0.1, 0.15) is 12.3 Å². The topological polar surface area (TPSA) is 58.6 Å². The van der Waals surface area contributed by atoms with E-state index >= 15 is 0 Å². The smallest absolute Gasteiger partial charge is 0.244 e. The van der Waals surface area contributed by atoms with Gasteiger partial charge in [-0.15, -0.1) is 0 Å². The quantitative estimate of drug-likeness (QED) is 0.869. The zero-order chi connectivity index (χ0) is 16.8. The van der Waals surface area contributed by atoms with Crippen molar-refractivity contribution < 1.29 is 14.3 Å². The summed E-state index contributed by atoms with van der Waals surface area (Å²) >= 11 is 3.35. The van der Waals surface area contributed by atoms with E-state index in [1.54, 1.807) is 43.5 Å². The molecule has 0 aliphatic heterocycles. The van der Waals surface area contributed by atoms with Crippen LogP contribution in [0.1, 0.15) is 6.92 Å². The summed E-state index contributed by atoms with van der Waals surface area (Å²) in [4.78, 5) is 25.4. The molecule has 2 aromatic carbocycles. The lowest BCUT2D eigenvalue weighted by Crippen LogP contribution is -2.36. The van der Waals surface area contributed by atoms with E-state index in [2.05, 4.69) is 21.2 Å². The molecule has 2 aromatic rings. The average molecular weight is 377 g/mol. The Labute approximate surface area is 143 Å². The summed E-state index contributed by atoms with van der Waals surface area (Å²) in [6, 6.07) is 14.2. The standard InChI is InChI=1S/C17H17BrN2O3/c1-12(21)20(15-7-3-13(18)4-8-15)11-17(22)19-14-5-9-16(23-2)10-6-14/h3-10H,11H2,1-2H3,(H,19,22). The van der Waals surface area contributed by atoms with Gasteiger partial charge in [-0.25, -0.2) is 0 Å². The van der Waals surface area contributed by atoms with Gasteiger partial charge in [-0.05, 0) is 48.5 Å². The van der Waals surface area contributed by atoms with E-state index < -0.39 is 0 Å². The number of hydrogen-bond donors (Lipinski definition) is 1. The molecular formula is C17H17BrN2O3. The highest BCUT2D eigenvalue weighted by Gasteiger charge is 2.15. The molecule has 0 atom stereocenters. The summed E-state index contributed by atoms with van der Waals surface area (Å²) in [6.07, 6.45) is 0. The van der Waals surface area contributed by atoms with Crippen molar-refractivity contribution in [3.63, 3.8) is 0 Å². The summed E-state index contributed by atoms with van der Waals surface area (Å²) in [5.41, 5.74) is 1.32. The predicted molar refractivity (Wildman–Crippen MR) is 93.8 cm³/mol. The first-order chi connectivity index (χ1) is 11.0. The molecule has 0 saturated heterocycles. The zero-order valence-corrected chi connectivity index (χ0v) is 14.5. The van der Waals surface area contributed by atoms with Crippen molar-refractivity contribution >= 4 is 39.1 Å². The predicted octanol–water partition coefficient (Wildman–Crippen LogP) is 3.45. The molecule has 0 aliphatic rings. The van der Waals surface area contributed by atoms with Crippen LogP contribution in [0.4, 0.5) is 11.4 Å². The molecule has 2 amide bonds. The highest BCUT2D eigenvalue weighted by molar-refractivity contribution is 9.10. The van der Waals surface area contributed by atoms with Crippen LogP contribution in [0.3, 0.4) is 0 Å². The van der Waals surface area contributed by atoms with Crippen molar-refractivity contribution in [2.75, 3.05) is 23.9 Å². The van der Waals surface area contributed by atoms with E-state index in [1.807, 2.05) is 12.1 Å². The van der Waals surface area contributed by atoms with Crippen molar-refractivity contribution in [2.45, 2.75) is 6.92 Å². The lowest BCUT2D eigenvalue weighted by Gasteiger charge is -2.20. The molecule has 0 bridgehead atoms. The van der Waals surface area contributed by atoms with Crippen LogP contribution in [0.15, 0.2) is 53.0 Å². The van der Waals surface area contributed by atoms with E-state index in [-0.39, 0.29) is 18.4 Å². The van der Waals surface area contributed by atoms with E-state index in [4.69, 9.17) is 4.74 Å². The molecular weight excluding hydrogens is 360 g/mol. The first-order valence-corrected chi connectivity index (χ1v) is 7.76. The van der Waals surface area contributed by atoms with E-state index in [9.17, 15) is 9.59 Å². The Morgan fingerprint density at radius 2 is 1.70 bits per heavy atom. The Bertz CT molecular complexity index is 684. The van der Waals surface area contributed by atoms with Gasteiger partial charge in [-0.2, -0.15) is 0 Å². The molecule has 0 unspecified atom stereocenters. The largest absolute Gasteiger partial charge is 0.497 e. The molecule has 0 aromatic heterocycles. The van der Waals surface area contributed by atoms with Crippen LogP contribution in [0.25, 0.3) is 0 Å². The van der Waals surface area contributed by atoms with Gasteiger partial charge in [-0.3, -0.25) is 9.59 Å². The van der Waals surface area contributed by atoms with Gasteiger partial charge in [-0.1, -0.05) is 15.9 Å². The van der Waals surface area contributed by atoms with Crippen molar-refractivity contribution in [3.05, 3.63) is 53.0 Å². The van der Waals surface area contributed by atoms with Crippen LogP contribution in [0, 0.1) is 0 Å². The summed E-state index contributed by atoms with van der Waals surface area (Å²) in [5.74, 6) is 0.244. The highest BCUT2D eigenvalue weighted by Crippen LogP contribution is 2.19. The molecule has 0 spiro atoms. The van der Waals surface area contributed by atoms with Gasteiger partial charge in [0, 0.05) is 22.8 Å². The van der Waals surface area contributed by atoms with Crippen LogP contribution in [0.5, 0.6) is 5.75 Å². The Morgan fingerprint density at radius 3 is 2.22 bits per heavy atom. The van der Waals surface area contributed by atoms with E-state index in [1.165, 1.54) is 11.8 Å². The summed E-state index contributed by atoms with van der Waals surface area (Å²) in [5, 5.41) is 2.76. The number of anilines is 2. The van der Waals surface area contributed by atoms with Crippen molar-refractivity contribution in [1.29, 1.82) is 0 Å². The molecule has 6 heteroatoms. The Balaban J connectivity index is 2.05. The molecule has 0 heterocycles. The second-order valence-corrected chi connectivity index (χ2v) is 5.77. The maximum Gasteiger partial charge on any atom is 0.244 e. The van der Waals surface area contributed by atoms with Crippen molar-refractivity contribution in [2.24, 2.45) is 0 Å². The van der Waals surface area contributed by atoms with Crippen molar-refractivity contribution in [1.82, 2.24) is 0 Å². The number of nitrogens with one attached hydrogen (secondary N) is 1. The minimum atomic E-state index is -0.270. The zero-order valence-electron chi connectivity index (χ0n) is 12.9. The fourth-order valence-electron chi connectivity index (χ4n) is 2.02. The number of amides is 2. The van der Waals surface area contributed by atoms with Gasteiger partial charge in [0.25, 0.3) is 0 Å². The van der Waals surface area contributed by atoms with Gasteiger partial charge in [0.2, 0.25) is 11.8 Å². The number of carbonyl (C=O) groups excluding carboxylic acids is 2. The monoisotopic (exact) mass is 376 g/mol. The Kier molecular flexibility index (Phi) is 5.76. The molecule has 2 rings (SSSR count). The minimum absolute atomic E-state index is 0.0526. The third kappa shape index (κ3) is 4.82. The SMILES string of the molecule is COc1ccc(NC(=O)CN(C(C)=O)c2ccc(Br)cc2)cc1. The maximum absolute atomic E-state index is 12.2. The fourth-order valence-corrected chi connectivity index (χ4v) is 2.29. The summed E-state index contributed by atoms with van der Waals surface area (Å²) in [6.45, 7) is 1.38. The number of halogens is 1. The molecule has 0 saturated carbocycles. The minimum Gasteiger partial charge on any atom is -0.497 e. The molecule has 23 heavy (non-hydrogen) atoms. The molecule has 0 fully saturated rings. The number of methoxy groups -OCH3 is 1. The second-order valence-electron chi connectivity index (χ2n) is 4.86. The molecule has 0 aliphatic carbocycles. The van der Waals surface area contributed by atoms with Gasteiger partial charge in [0.05, 0.1) is 7.11 Å². The van der Waals surface area contributed by atoms with Gasteiger partial charge < -0.3 is 15.0 Å². The van der Waals surface area contributed by atoms with Crippen LogP contribution in [-0.4, -0.2) is 25.5 Å². The van der Waals surface area contributed by atoms with E-state index in [0.29, 0.717) is 17.1 Å². The molecule has 0 radical (unpaired) electrons. The number of benzene rings is 2.